The number of ketones is 1. The Labute approximate surface area is 102 Å². The minimum absolute atomic E-state index is 0.241. The molecule has 17 heavy (non-hydrogen) atoms. The predicted molar refractivity (Wildman–Crippen MR) is 67.1 cm³/mol. The molecule has 4 heteroatoms. The van der Waals surface area contributed by atoms with E-state index in [2.05, 4.69) is 14.9 Å². The van der Waals surface area contributed by atoms with Gasteiger partial charge in [-0.05, 0) is 33.6 Å². The van der Waals surface area contributed by atoms with E-state index >= 15 is 0 Å². The molecule has 1 aliphatic heterocycles. The highest BCUT2D eigenvalue weighted by Crippen LogP contribution is 2.22. The first-order valence-corrected chi connectivity index (χ1v) is 6.13. The normalized spacial score (nSPS) is 17.2. The van der Waals surface area contributed by atoms with Crippen molar-refractivity contribution in [3.05, 3.63) is 17.6 Å². The summed E-state index contributed by atoms with van der Waals surface area (Å²) in [5, 5.41) is 0. The molecule has 2 rings (SSSR count). The fraction of sp³-hybridized carbons (Fsp3) is 0.615. The first-order valence-electron chi connectivity index (χ1n) is 6.13. The molecule has 1 fully saturated rings. The number of piperidine rings is 1. The van der Waals surface area contributed by atoms with Crippen LogP contribution in [0.1, 0.15) is 31.2 Å². The summed E-state index contributed by atoms with van der Waals surface area (Å²) in [5.41, 5.74) is 1.96. The van der Waals surface area contributed by atoms with Crippen LogP contribution >= 0.6 is 0 Å². The number of hydrogen-bond acceptors (Lipinski definition) is 4. The highest BCUT2D eigenvalue weighted by Gasteiger charge is 2.23. The molecule has 0 unspecified atom stereocenters. The zero-order chi connectivity index (χ0) is 12.4. The summed E-state index contributed by atoms with van der Waals surface area (Å²) in [4.78, 5) is 22.4. The molecule has 0 aliphatic carbocycles. The Morgan fingerprint density at radius 3 is 2.47 bits per heavy atom. The van der Waals surface area contributed by atoms with Gasteiger partial charge >= 0.3 is 0 Å². The maximum absolute atomic E-state index is 11.3. The molecule has 1 aromatic heterocycles. The van der Waals surface area contributed by atoms with Crippen LogP contribution in [0.5, 0.6) is 0 Å². The SMILES string of the molecule is CC(=O)C1CCN(c2cnc(C)c(C)n2)CC1. The third-order valence-electron chi connectivity index (χ3n) is 3.57. The lowest BCUT2D eigenvalue weighted by Gasteiger charge is -2.31. The zero-order valence-electron chi connectivity index (χ0n) is 10.7. The molecule has 4 nitrogen and oxygen atoms in total. The van der Waals surface area contributed by atoms with Gasteiger partial charge in [0.15, 0.2) is 0 Å². The third-order valence-corrected chi connectivity index (χ3v) is 3.57. The van der Waals surface area contributed by atoms with Crippen LogP contribution in [0.3, 0.4) is 0 Å². The maximum Gasteiger partial charge on any atom is 0.147 e. The highest BCUT2D eigenvalue weighted by molar-refractivity contribution is 5.78. The van der Waals surface area contributed by atoms with Crippen molar-refractivity contribution >= 4 is 11.6 Å². The Balaban J connectivity index is 2.05. The Hall–Kier alpha value is -1.45. The van der Waals surface area contributed by atoms with Crippen molar-refractivity contribution in [2.24, 2.45) is 5.92 Å². The number of aromatic nitrogens is 2. The Morgan fingerprint density at radius 2 is 1.94 bits per heavy atom. The average molecular weight is 233 g/mol. The van der Waals surface area contributed by atoms with Gasteiger partial charge < -0.3 is 4.90 Å². The van der Waals surface area contributed by atoms with E-state index in [1.165, 1.54) is 0 Å². The van der Waals surface area contributed by atoms with Crippen LogP contribution in [0.15, 0.2) is 6.20 Å². The van der Waals surface area contributed by atoms with Crippen molar-refractivity contribution < 1.29 is 4.79 Å². The number of rotatable bonds is 2. The summed E-state index contributed by atoms with van der Waals surface area (Å²) in [7, 11) is 0. The number of aryl methyl sites for hydroxylation is 2. The summed E-state index contributed by atoms with van der Waals surface area (Å²) in [6.45, 7) is 7.45. The summed E-state index contributed by atoms with van der Waals surface area (Å²) in [5.74, 6) is 1.50. The van der Waals surface area contributed by atoms with E-state index in [4.69, 9.17) is 0 Å². The molecule has 0 radical (unpaired) electrons. The highest BCUT2D eigenvalue weighted by atomic mass is 16.1. The standard InChI is InChI=1S/C13H19N3O/c1-9-10(2)15-13(8-14-9)16-6-4-12(5-7-16)11(3)17/h8,12H,4-7H2,1-3H3. The van der Waals surface area contributed by atoms with Crippen molar-refractivity contribution in [3.8, 4) is 0 Å². The Kier molecular flexibility index (Phi) is 3.41. The molecular formula is C13H19N3O. The molecule has 1 aliphatic rings. The van der Waals surface area contributed by atoms with Gasteiger partial charge in [0, 0.05) is 19.0 Å². The molecule has 0 bridgehead atoms. The smallest absolute Gasteiger partial charge is 0.147 e. The second kappa shape index (κ2) is 4.82. The predicted octanol–water partition coefficient (Wildman–Crippen LogP) is 1.90. The maximum atomic E-state index is 11.3. The molecule has 0 N–H and O–H groups in total. The molecule has 1 saturated heterocycles. The average Bonchev–Trinajstić information content (AvgIpc) is 2.33. The number of anilines is 1. The lowest BCUT2D eigenvalue weighted by molar-refractivity contribution is -0.121. The Bertz CT molecular complexity index is 423. The van der Waals surface area contributed by atoms with Gasteiger partial charge in [0.2, 0.25) is 0 Å². The van der Waals surface area contributed by atoms with Crippen molar-refractivity contribution in [1.29, 1.82) is 0 Å². The lowest BCUT2D eigenvalue weighted by atomic mass is 9.93. The van der Waals surface area contributed by atoms with Crippen molar-refractivity contribution in [2.75, 3.05) is 18.0 Å². The van der Waals surface area contributed by atoms with Crippen molar-refractivity contribution in [1.82, 2.24) is 9.97 Å². The van der Waals surface area contributed by atoms with Crippen molar-refractivity contribution in [3.63, 3.8) is 0 Å². The third kappa shape index (κ3) is 2.62. The van der Waals surface area contributed by atoms with Gasteiger partial charge in [0.25, 0.3) is 0 Å². The first kappa shape index (κ1) is 12.0. The van der Waals surface area contributed by atoms with Gasteiger partial charge in [-0.2, -0.15) is 0 Å². The second-order valence-corrected chi connectivity index (χ2v) is 4.77. The van der Waals surface area contributed by atoms with Crippen LogP contribution in [0.25, 0.3) is 0 Å². The van der Waals surface area contributed by atoms with Crippen LogP contribution in [-0.2, 0) is 4.79 Å². The Morgan fingerprint density at radius 1 is 1.29 bits per heavy atom. The van der Waals surface area contributed by atoms with Crippen LogP contribution in [-0.4, -0.2) is 28.8 Å². The van der Waals surface area contributed by atoms with E-state index < -0.39 is 0 Å². The van der Waals surface area contributed by atoms with Gasteiger partial charge in [-0.25, -0.2) is 4.98 Å². The molecule has 0 atom stereocenters. The van der Waals surface area contributed by atoms with Crippen LogP contribution in [0.4, 0.5) is 5.82 Å². The number of Topliss-reactive ketones (excluding diaryl/α,β-unsaturated/α-hetero) is 1. The summed E-state index contributed by atoms with van der Waals surface area (Å²) >= 11 is 0. The van der Waals surface area contributed by atoms with Gasteiger partial charge in [-0.1, -0.05) is 0 Å². The molecule has 2 heterocycles. The fourth-order valence-electron chi connectivity index (χ4n) is 2.20. The quantitative estimate of drug-likeness (QED) is 0.782. The van der Waals surface area contributed by atoms with E-state index in [1.54, 1.807) is 6.92 Å². The van der Waals surface area contributed by atoms with Crippen LogP contribution in [0.2, 0.25) is 0 Å². The number of nitrogens with zero attached hydrogens (tertiary/aromatic N) is 3. The number of hydrogen-bond donors (Lipinski definition) is 0. The summed E-state index contributed by atoms with van der Waals surface area (Å²) < 4.78 is 0. The molecular weight excluding hydrogens is 214 g/mol. The monoisotopic (exact) mass is 233 g/mol. The molecule has 0 amide bonds. The van der Waals surface area contributed by atoms with Gasteiger partial charge in [-0.3, -0.25) is 9.78 Å². The topological polar surface area (TPSA) is 46.1 Å². The second-order valence-electron chi connectivity index (χ2n) is 4.77. The van der Waals surface area contributed by atoms with Gasteiger partial charge in [0.05, 0.1) is 17.6 Å². The van der Waals surface area contributed by atoms with Crippen molar-refractivity contribution in [2.45, 2.75) is 33.6 Å². The largest absolute Gasteiger partial charge is 0.355 e. The first-order chi connectivity index (χ1) is 8.08. The summed E-state index contributed by atoms with van der Waals surface area (Å²) in [6.07, 6.45) is 3.70. The van der Waals surface area contributed by atoms with E-state index in [-0.39, 0.29) is 5.92 Å². The van der Waals surface area contributed by atoms with Gasteiger partial charge in [-0.15, -0.1) is 0 Å². The molecule has 0 spiro atoms. The van der Waals surface area contributed by atoms with E-state index in [0.717, 1.165) is 43.1 Å². The van der Waals surface area contributed by atoms with E-state index in [0.29, 0.717) is 5.78 Å². The molecule has 0 aromatic carbocycles. The summed E-state index contributed by atoms with van der Waals surface area (Å²) in [6, 6.07) is 0. The fourth-order valence-corrected chi connectivity index (χ4v) is 2.20. The number of carbonyl (C=O) groups is 1. The lowest BCUT2D eigenvalue weighted by Crippen LogP contribution is -2.36. The molecule has 1 aromatic rings. The minimum Gasteiger partial charge on any atom is -0.355 e. The molecule has 92 valence electrons. The minimum atomic E-state index is 0.241. The van der Waals surface area contributed by atoms with Crippen LogP contribution in [0, 0.1) is 19.8 Å². The zero-order valence-corrected chi connectivity index (χ0v) is 10.7. The van der Waals surface area contributed by atoms with E-state index in [1.807, 2.05) is 20.0 Å². The van der Waals surface area contributed by atoms with E-state index in [9.17, 15) is 4.79 Å². The van der Waals surface area contributed by atoms with Gasteiger partial charge in [0.1, 0.15) is 11.6 Å². The number of carbonyl (C=O) groups excluding carboxylic acids is 1. The van der Waals surface area contributed by atoms with Crippen LogP contribution < -0.4 is 4.90 Å². The molecule has 0 saturated carbocycles.